The molecule has 118 valence electrons. The maximum atomic E-state index is 12.2. The van der Waals surface area contributed by atoms with Crippen molar-refractivity contribution in [2.45, 2.75) is 12.8 Å². The molecule has 0 saturated heterocycles. The zero-order chi connectivity index (χ0) is 16.2. The Morgan fingerprint density at radius 2 is 1.70 bits per heavy atom. The molecule has 1 aromatic carbocycles. The molecule has 0 aliphatic carbocycles. The largest absolute Gasteiger partial charge is 0.462 e. The molecule has 6 heteroatoms. The third kappa shape index (κ3) is 3.17. The summed E-state index contributed by atoms with van der Waals surface area (Å²) < 4.78 is 5.15. The van der Waals surface area contributed by atoms with Gasteiger partial charge in [-0.1, -0.05) is 18.2 Å². The van der Waals surface area contributed by atoms with E-state index in [1.54, 1.807) is 36.4 Å². The zero-order valence-corrected chi connectivity index (χ0v) is 13.2. The molecule has 0 saturated carbocycles. The summed E-state index contributed by atoms with van der Waals surface area (Å²) in [7, 11) is 0. The van der Waals surface area contributed by atoms with E-state index in [-0.39, 0.29) is 24.4 Å². The number of rotatable bonds is 6. The van der Waals surface area contributed by atoms with Crippen LogP contribution in [0.4, 0.5) is 0 Å². The fourth-order valence-electron chi connectivity index (χ4n) is 2.44. The summed E-state index contributed by atoms with van der Waals surface area (Å²) in [5, 5.41) is 1.82. The highest BCUT2D eigenvalue weighted by molar-refractivity contribution is 7.11. The van der Waals surface area contributed by atoms with Crippen LogP contribution in [0, 0.1) is 0 Å². The number of amides is 2. The molecule has 0 atom stereocenters. The Morgan fingerprint density at radius 3 is 2.30 bits per heavy atom. The maximum absolute atomic E-state index is 12.2. The van der Waals surface area contributed by atoms with Gasteiger partial charge in [-0.25, -0.2) is 4.79 Å². The molecule has 0 unspecified atom stereocenters. The topological polar surface area (TPSA) is 63.7 Å². The minimum Gasteiger partial charge on any atom is -0.462 e. The van der Waals surface area contributed by atoms with Crippen LogP contribution < -0.4 is 0 Å². The van der Waals surface area contributed by atoms with Crippen molar-refractivity contribution in [3.63, 3.8) is 0 Å². The summed E-state index contributed by atoms with van der Waals surface area (Å²) in [6.07, 6.45) is 1.20. The van der Waals surface area contributed by atoms with Gasteiger partial charge in [0.1, 0.15) is 4.88 Å². The van der Waals surface area contributed by atoms with Gasteiger partial charge in [-0.15, -0.1) is 11.3 Å². The van der Waals surface area contributed by atoms with Crippen LogP contribution in [-0.4, -0.2) is 35.8 Å². The molecule has 5 nitrogen and oxygen atoms in total. The smallest absolute Gasteiger partial charge is 0.348 e. The normalized spacial score (nSPS) is 13.3. The maximum Gasteiger partial charge on any atom is 0.348 e. The average molecular weight is 329 g/mol. The van der Waals surface area contributed by atoms with E-state index in [4.69, 9.17) is 4.74 Å². The van der Waals surface area contributed by atoms with Crippen molar-refractivity contribution in [3.05, 3.63) is 57.8 Å². The fraction of sp³-hybridized carbons (Fsp3) is 0.235. The number of fused-ring (bicyclic) bond motifs is 1. The van der Waals surface area contributed by atoms with Gasteiger partial charge in [0.15, 0.2) is 0 Å². The second kappa shape index (κ2) is 6.75. The standard InChI is InChI=1S/C17H15NO4S/c19-15-12-6-1-2-7-13(12)16(20)18(15)9-3-4-10-22-17(21)14-8-5-11-23-14/h1-2,5-8,11H,3-4,9-10H2. The third-order valence-corrected chi connectivity index (χ3v) is 4.46. The SMILES string of the molecule is O=C(OCCCCN1C(=O)c2ccccc2C1=O)c1cccs1. The summed E-state index contributed by atoms with van der Waals surface area (Å²) in [6, 6.07) is 10.3. The number of benzene rings is 1. The zero-order valence-electron chi connectivity index (χ0n) is 12.4. The summed E-state index contributed by atoms with van der Waals surface area (Å²) in [4.78, 5) is 37.8. The molecule has 0 spiro atoms. The lowest BCUT2D eigenvalue weighted by molar-refractivity contribution is 0.0491. The lowest BCUT2D eigenvalue weighted by atomic mass is 10.1. The number of ether oxygens (including phenoxy) is 1. The minimum absolute atomic E-state index is 0.249. The molecule has 0 bridgehead atoms. The van der Waals surface area contributed by atoms with Gasteiger partial charge in [0.25, 0.3) is 11.8 Å². The van der Waals surface area contributed by atoms with Crippen LogP contribution in [0.3, 0.4) is 0 Å². The number of thiophene rings is 1. The number of hydrogen-bond donors (Lipinski definition) is 0. The molecular formula is C17H15NO4S. The minimum atomic E-state index is -0.333. The Bertz CT molecular complexity index is 704. The highest BCUT2D eigenvalue weighted by atomic mass is 32.1. The predicted molar refractivity (Wildman–Crippen MR) is 85.6 cm³/mol. The number of nitrogens with zero attached hydrogens (tertiary/aromatic N) is 1. The number of unbranched alkanes of at least 4 members (excludes halogenated alkanes) is 1. The van der Waals surface area contributed by atoms with E-state index in [2.05, 4.69) is 0 Å². The van der Waals surface area contributed by atoms with E-state index in [1.165, 1.54) is 16.2 Å². The lowest BCUT2D eigenvalue weighted by Gasteiger charge is -2.13. The predicted octanol–water partition coefficient (Wildman–Crippen LogP) is 2.98. The van der Waals surface area contributed by atoms with Crippen LogP contribution in [-0.2, 0) is 4.74 Å². The number of esters is 1. The van der Waals surface area contributed by atoms with Crippen LogP contribution in [0.25, 0.3) is 0 Å². The molecule has 0 fully saturated rings. The number of imide groups is 1. The van der Waals surface area contributed by atoms with E-state index < -0.39 is 0 Å². The second-order valence-corrected chi connectivity index (χ2v) is 6.08. The molecule has 2 heterocycles. The Kier molecular flexibility index (Phi) is 4.52. The van der Waals surface area contributed by atoms with E-state index in [1.807, 2.05) is 5.38 Å². The Balaban J connectivity index is 1.44. The molecule has 2 amide bonds. The molecule has 2 aromatic rings. The molecule has 23 heavy (non-hydrogen) atoms. The van der Waals surface area contributed by atoms with Gasteiger partial charge in [-0.05, 0) is 36.4 Å². The van der Waals surface area contributed by atoms with Gasteiger partial charge in [-0.2, -0.15) is 0 Å². The van der Waals surface area contributed by atoms with Crippen molar-refractivity contribution >= 4 is 29.1 Å². The molecule has 0 radical (unpaired) electrons. The van der Waals surface area contributed by atoms with Crippen molar-refractivity contribution in [1.29, 1.82) is 0 Å². The third-order valence-electron chi connectivity index (χ3n) is 3.61. The molecular weight excluding hydrogens is 314 g/mol. The second-order valence-electron chi connectivity index (χ2n) is 5.13. The first-order valence-electron chi connectivity index (χ1n) is 7.34. The van der Waals surface area contributed by atoms with Gasteiger partial charge in [0, 0.05) is 6.54 Å². The van der Waals surface area contributed by atoms with Crippen LogP contribution in [0.2, 0.25) is 0 Å². The molecule has 3 rings (SSSR count). The van der Waals surface area contributed by atoms with E-state index in [0.29, 0.717) is 35.4 Å². The summed E-state index contributed by atoms with van der Waals surface area (Å²) in [6.45, 7) is 0.614. The van der Waals surface area contributed by atoms with Gasteiger partial charge < -0.3 is 4.74 Å². The van der Waals surface area contributed by atoms with Gasteiger partial charge in [-0.3, -0.25) is 14.5 Å². The van der Waals surface area contributed by atoms with Crippen LogP contribution in [0.5, 0.6) is 0 Å². The van der Waals surface area contributed by atoms with Crippen molar-refractivity contribution in [2.75, 3.05) is 13.2 Å². The van der Waals surface area contributed by atoms with Gasteiger partial charge >= 0.3 is 5.97 Å². The number of carbonyl (C=O) groups is 3. The van der Waals surface area contributed by atoms with E-state index in [0.717, 1.165) is 0 Å². The van der Waals surface area contributed by atoms with Crippen molar-refractivity contribution in [1.82, 2.24) is 4.90 Å². The average Bonchev–Trinajstić information content (AvgIpc) is 3.18. The lowest BCUT2D eigenvalue weighted by Crippen LogP contribution is -2.30. The van der Waals surface area contributed by atoms with Crippen LogP contribution in [0.1, 0.15) is 43.2 Å². The first-order chi connectivity index (χ1) is 11.2. The highest BCUT2D eigenvalue weighted by Gasteiger charge is 2.34. The van der Waals surface area contributed by atoms with Gasteiger partial charge in [0.05, 0.1) is 17.7 Å². The quantitative estimate of drug-likeness (QED) is 0.464. The van der Waals surface area contributed by atoms with Gasteiger partial charge in [0.2, 0.25) is 0 Å². The molecule has 0 N–H and O–H groups in total. The highest BCUT2D eigenvalue weighted by Crippen LogP contribution is 2.22. The Labute approximate surface area is 137 Å². The molecule has 1 aromatic heterocycles. The number of carbonyl (C=O) groups excluding carboxylic acids is 3. The summed E-state index contributed by atoms with van der Waals surface area (Å²) in [5.74, 6) is -0.830. The summed E-state index contributed by atoms with van der Waals surface area (Å²) >= 11 is 1.34. The Morgan fingerprint density at radius 1 is 1.00 bits per heavy atom. The van der Waals surface area contributed by atoms with Crippen molar-refractivity contribution in [3.8, 4) is 0 Å². The number of hydrogen-bond acceptors (Lipinski definition) is 5. The van der Waals surface area contributed by atoms with Crippen LogP contribution in [0.15, 0.2) is 41.8 Å². The molecule has 1 aliphatic heterocycles. The first-order valence-corrected chi connectivity index (χ1v) is 8.22. The monoisotopic (exact) mass is 329 g/mol. The summed E-state index contributed by atoms with van der Waals surface area (Å²) in [5.41, 5.74) is 0.920. The van der Waals surface area contributed by atoms with E-state index in [9.17, 15) is 14.4 Å². The van der Waals surface area contributed by atoms with Crippen molar-refractivity contribution in [2.24, 2.45) is 0 Å². The van der Waals surface area contributed by atoms with Crippen molar-refractivity contribution < 1.29 is 19.1 Å². The van der Waals surface area contributed by atoms with Crippen LogP contribution >= 0.6 is 11.3 Å². The van der Waals surface area contributed by atoms with E-state index >= 15 is 0 Å². The fourth-order valence-corrected chi connectivity index (χ4v) is 3.06. The first kappa shape index (κ1) is 15.4. The molecule has 1 aliphatic rings. The Hall–Kier alpha value is -2.47.